The van der Waals surface area contributed by atoms with Crippen molar-refractivity contribution in [3.05, 3.63) is 29.3 Å². The van der Waals surface area contributed by atoms with Crippen molar-refractivity contribution in [1.82, 2.24) is 5.32 Å². The fraction of sp³-hybridized carbons (Fsp3) is 0.500. The predicted molar refractivity (Wildman–Crippen MR) is 85.8 cm³/mol. The average molecular weight is 309 g/mol. The van der Waals surface area contributed by atoms with Gasteiger partial charge < -0.3 is 10.4 Å². The summed E-state index contributed by atoms with van der Waals surface area (Å²) in [4.78, 5) is 23.2. The van der Waals surface area contributed by atoms with Crippen LogP contribution in [0.2, 0.25) is 0 Å². The molecule has 4 nitrogen and oxygen atoms in total. The number of rotatable bonds is 9. The van der Waals surface area contributed by atoms with Gasteiger partial charge in [0.2, 0.25) is 5.91 Å². The molecule has 0 saturated heterocycles. The van der Waals surface area contributed by atoms with E-state index >= 15 is 0 Å². The molecule has 0 saturated carbocycles. The molecule has 2 N–H and O–H groups in total. The van der Waals surface area contributed by atoms with E-state index in [1.54, 1.807) is 11.8 Å². The molecule has 0 aliphatic rings. The molecule has 0 radical (unpaired) electrons. The smallest absolute Gasteiger partial charge is 0.303 e. The molecule has 0 heterocycles. The molecule has 0 aromatic heterocycles. The molecule has 1 aromatic rings. The van der Waals surface area contributed by atoms with E-state index in [0.717, 1.165) is 17.7 Å². The summed E-state index contributed by atoms with van der Waals surface area (Å²) in [5.41, 5.74) is 2.38. The van der Waals surface area contributed by atoms with Gasteiger partial charge in [-0.15, -0.1) is 11.8 Å². The van der Waals surface area contributed by atoms with Crippen LogP contribution in [0, 0.1) is 13.8 Å². The number of carboxylic acids is 1. The Morgan fingerprint density at radius 3 is 2.67 bits per heavy atom. The van der Waals surface area contributed by atoms with Crippen LogP contribution in [0.25, 0.3) is 0 Å². The summed E-state index contributed by atoms with van der Waals surface area (Å²) in [6, 6.07) is 6.23. The highest BCUT2D eigenvalue weighted by atomic mass is 32.2. The molecule has 5 heteroatoms. The molecule has 1 aromatic carbocycles. The zero-order valence-electron chi connectivity index (χ0n) is 12.6. The molecular formula is C16H23NO3S. The number of unbranched alkanes of at least 4 members (excludes halogenated alkanes) is 2. The van der Waals surface area contributed by atoms with E-state index in [1.807, 2.05) is 13.8 Å². The molecule has 0 aliphatic heterocycles. The minimum atomic E-state index is -0.760. The van der Waals surface area contributed by atoms with Gasteiger partial charge in [0, 0.05) is 17.9 Å². The number of aryl methyl sites for hydroxylation is 2. The summed E-state index contributed by atoms with van der Waals surface area (Å²) in [5.74, 6) is -0.317. The normalized spacial score (nSPS) is 10.4. The van der Waals surface area contributed by atoms with E-state index in [1.165, 1.54) is 11.1 Å². The third kappa shape index (κ3) is 7.75. The molecule has 0 spiro atoms. The molecule has 116 valence electrons. The van der Waals surface area contributed by atoms with E-state index in [9.17, 15) is 9.59 Å². The summed E-state index contributed by atoms with van der Waals surface area (Å²) in [6.07, 6.45) is 2.53. The standard InChI is InChI=1S/C16H23NO3S/c1-12-7-8-13(2)14(10-12)21-11-15(18)17-9-5-3-4-6-16(19)20/h7-8,10H,3-6,9,11H2,1-2H3,(H,17,18)(H,19,20). The number of carboxylic acid groups (broad SMARTS) is 1. The molecule has 0 unspecified atom stereocenters. The van der Waals surface area contributed by atoms with Crippen LogP contribution < -0.4 is 5.32 Å². The molecule has 1 amide bonds. The van der Waals surface area contributed by atoms with E-state index in [4.69, 9.17) is 5.11 Å². The number of aliphatic carboxylic acids is 1. The second-order valence-electron chi connectivity index (χ2n) is 5.11. The van der Waals surface area contributed by atoms with Crippen molar-refractivity contribution in [3.8, 4) is 0 Å². The Balaban J connectivity index is 2.16. The van der Waals surface area contributed by atoms with Gasteiger partial charge in [0.1, 0.15) is 0 Å². The number of carbonyl (C=O) groups is 2. The van der Waals surface area contributed by atoms with Crippen molar-refractivity contribution in [2.24, 2.45) is 0 Å². The van der Waals surface area contributed by atoms with E-state index < -0.39 is 5.97 Å². The Hall–Kier alpha value is -1.49. The second kappa shape index (κ2) is 9.45. The summed E-state index contributed by atoms with van der Waals surface area (Å²) in [6.45, 7) is 4.70. The zero-order chi connectivity index (χ0) is 15.7. The maximum absolute atomic E-state index is 11.7. The van der Waals surface area contributed by atoms with Crippen LogP contribution in [0.15, 0.2) is 23.1 Å². The summed E-state index contributed by atoms with van der Waals surface area (Å²) >= 11 is 1.55. The third-order valence-corrected chi connectivity index (χ3v) is 4.25. The minimum Gasteiger partial charge on any atom is -0.481 e. The van der Waals surface area contributed by atoms with Gasteiger partial charge in [-0.3, -0.25) is 9.59 Å². The minimum absolute atomic E-state index is 0.0270. The van der Waals surface area contributed by atoms with Crippen LogP contribution in [-0.2, 0) is 9.59 Å². The number of hydrogen-bond donors (Lipinski definition) is 2. The van der Waals surface area contributed by atoms with Gasteiger partial charge in [-0.2, -0.15) is 0 Å². The van der Waals surface area contributed by atoms with Crippen molar-refractivity contribution >= 4 is 23.6 Å². The quantitative estimate of drug-likeness (QED) is 0.543. The molecule has 0 atom stereocenters. The Morgan fingerprint density at radius 1 is 1.19 bits per heavy atom. The monoisotopic (exact) mass is 309 g/mol. The largest absolute Gasteiger partial charge is 0.481 e. The number of nitrogens with one attached hydrogen (secondary N) is 1. The van der Waals surface area contributed by atoms with Gasteiger partial charge in [0.25, 0.3) is 0 Å². The first kappa shape index (κ1) is 17.6. The first-order valence-electron chi connectivity index (χ1n) is 7.17. The molecule has 0 aliphatic carbocycles. The molecule has 21 heavy (non-hydrogen) atoms. The summed E-state index contributed by atoms with van der Waals surface area (Å²) < 4.78 is 0. The SMILES string of the molecule is Cc1ccc(C)c(SCC(=O)NCCCCCC(=O)O)c1. The molecule has 0 fully saturated rings. The van der Waals surface area contributed by atoms with Crippen molar-refractivity contribution in [2.75, 3.05) is 12.3 Å². The van der Waals surface area contributed by atoms with Gasteiger partial charge in [-0.05, 0) is 38.3 Å². The molecule has 1 rings (SSSR count). The Kier molecular flexibility index (Phi) is 7.90. The number of carbonyl (C=O) groups excluding carboxylic acids is 1. The first-order valence-corrected chi connectivity index (χ1v) is 8.16. The molecule has 0 bridgehead atoms. The lowest BCUT2D eigenvalue weighted by atomic mass is 10.2. The van der Waals surface area contributed by atoms with Crippen molar-refractivity contribution in [3.63, 3.8) is 0 Å². The lowest BCUT2D eigenvalue weighted by Crippen LogP contribution is -2.26. The fourth-order valence-electron chi connectivity index (χ4n) is 1.86. The Labute approximate surface area is 130 Å². The van der Waals surface area contributed by atoms with Crippen molar-refractivity contribution in [1.29, 1.82) is 0 Å². The topological polar surface area (TPSA) is 66.4 Å². The summed E-state index contributed by atoms with van der Waals surface area (Å²) in [7, 11) is 0. The van der Waals surface area contributed by atoms with Crippen molar-refractivity contribution < 1.29 is 14.7 Å². The first-order chi connectivity index (χ1) is 9.99. The summed E-state index contributed by atoms with van der Waals surface area (Å²) in [5, 5.41) is 11.4. The van der Waals surface area contributed by atoms with Crippen LogP contribution >= 0.6 is 11.8 Å². The lowest BCUT2D eigenvalue weighted by molar-refractivity contribution is -0.137. The number of amides is 1. The van der Waals surface area contributed by atoms with Crippen LogP contribution in [0.4, 0.5) is 0 Å². The van der Waals surface area contributed by atoms with E-state index in [0.29, 0.717) is 18.7 Å². The highest BCUT2D eigenvalue weighted by molar-refractivity contribution is 8.00. The Bertz CT molecular complexity index is 488. The highest BCUT2D eigenvalue weighted by Crippen LogP contribution is 2.23. The maximum atomic E-state index is 11.7. The highest BCUT2D eigenvalue weighted by Gasteiger charge is 2.05. The number of thioether (sulfide) groups is 1. The van der Waals surface area contributed by atoms with Gasteiger partial charge in [-0.1, -0.05) is 24.1 Å². The van der Waals surface area contributed by atoms with Gasteiger partial charge in [0.15, 0.2) is 0 Å². The van der Waals surface area contributed by atoms with Crippen LogP contribution in [-0.4, -0.2) is 29.3 Å². The lowest BCUT2D eigenvalue weighted by Gasteiger charge is -2.07. The molecular weight excluding hydrogens is 286 g/mol. The maximum Gasteiger partial charge on any atom is 0.303 e. The van der Waals surface area contributed by atoms with Crippen LogP contribution in [0.1, 0.15) is 36.8 Å². The van der Waals surface area contributed by atoms with Gasteiger partial charge in [-0.25, -0.2) is 0 Å². The second-order valence-corrected chi connectivity index (χ2v) is 6.13. The third-order valence-electron chi connectivity index (χ3n) is 3.09. The van der Waals surface area contributed by atoms with Gasteiger partial charge >= 0.3 is 5.97 Å². The zero-order valence-corrected chi connectivity index (χ0v) is 13.5. The van der Waals surface area contributed by atoms with E-state index in [2.05, 4.69) is 23.5 Å². The van der Waals surface area contributed by atoms with Crippen molar-refractivity contribution in [2.45, 2.75) is 44.4 Å². The Morgan fingerprint density at radius 2 is 1.95 bits per heavy atom. The predicted octanol–water partition coefficient (Wildman–Crippen LogP) is 3.16. The number of benzene rings is 1. The van der Waals surface area contributed by atoms with Gasteiger partial charge in [0.05, 0.1) is 5.75 Å². The van der Waals surface area contributed by atoms with E-state index in [-0.39, 0.29) is 12.3 Å². The van der Waals surface area contributed by atoms with Crippen LogP contribution in [0.3, 0.4) is 0 Å². The number of hydrogen-bond acceptors (Lipinski definition) is 3. The fourth-order valence-corrected chi connectivity index (χ4v) is 2.82. The average Bonchev–Trinajstić information content (AvgIpc) is 2.43. The van der Waals surface area contributed by atoms with Crippen LogP contribution in [0.5, 0.6) is 0 Å².